The second-order valence-electron chi connectivity index (χ2n) is 5.58. The van der Waals surface area contributed by atoms with E-state index in [0.29, 0.717) is 13.0 Å². The van der Waals surface area contributed by atoms with E-state index in [1.165, 1.54) is 0 Å². The minimum atomic E-state index is -0.860. The quantitative estimate of drug-likeness (QED) is 0.625. The third-order valence-corrected chi connectivity index (χ3v) is 3.80. The molecular formula is C19H19N3O2. The molecule has 3 N–H and O–H groups in total. The molecule has 0 fully saturated rings. The molecule has 5 nitrogen and oxygen atoms in total. The Bertz CT molecular complexity index is 785. The van der Waals surface area contributed by atoms with Gasteiger partial charge in [0.25, 0.3) is 0 Å². The van der Waals surface area contributed by atoms with Crippen molar-refractivity contribution in [1.82, 2.24) is 15.3 Å². The minimum absolute atomic E-state index is 0.420. The number of hydrogen-bond acceptors (Lipinski definition) is 3. The number of nitrogens with zero attached hydrogens (tertiary/aromatic N) is 1. The maximum Gasteiger partial charge on any atom is 0.321 e. The van der Waals surface area contributed by atoms with Crippen LogP contribution in [0.25, 0.3) is 11.4 Å². The third kappa shape index (κ3) is 4.08. The lowest BCUT2D eigenvalue weighted by molar-refractivity contribution is -0.139. The number of hydrogen-bond donors (Lipinski definition) is 3. The van der Waals surface area contributed by atoms with Crippen LogP contribution < -0.4 is 5.32 Å². The summed E-state index contributed by atoms with van der Waals surface area (Å²) >= 11 is 0. The van der Waals surface area contributed by atoms with Crippen molar-refractivity contribution in [2.45, 2.75) is 19.0 Å². The summed E-state index contributed by atoms with van der Waals surface area (Å²) in [6.45, 7) is 0.420. The molecule has 1 aromatic heterocycles. The summed E-state index contributed by atoms with van der Waals surface area (Å²) < 4.78 is 0. The molecule has 1 atom stereocenters. The van der Waals surface area contributed by atoms with Crippen molar-refractivity contribution in [3.05, 3.63) is 78.1 Å². The average molecular weight is 321 g/mol. The topological polar surface area (TPSA) is 78.0 Å². The molecule has 0 aliphatic rings. The van der Waals surface area contributed by atoms with E-state index in [1.807, 2.05) is 60.7 Å². The monoisotopic (exact) mass is 321 g/mol. The molecule has 3 rings (SSSR count). The molecule has 3 aromatic rings. The summed E-state index contributed by atoms with van der Waals surface area (Å²) in [5, 5.41) is 12.5. The molecule has 24 heavy (non-hydrogen) atoms. The molecule has 0 saturated carbocycles. The maximum absolute atomic E-state index is 11.5. The van der Waals surface area contributed by atoms with E-state index in [9.17, 15) is 9.90 Å². The fourth-order valence-electron chi connectivity index (χ4n) is 2.52. The van der Waals surface area contributed by atoms with Crippen LogP contribution in [0.4, 0.5) is 0 Å². The van der Waals surface area contributed by atoms with Crippen LogP contribution in [0.15, 0.2) is 66.9 Å². The van der Waals surface area contributed by atoms with Crippen molar-refractivity contribution in [2.75, 3.05) is 0 Å². The minimum Gasteiger partial charge on any atom is -0.480 e. The molecule has 2 aromatic carbocycles. The van der Waals surface area contributed by atoms with Gasteiger partial charge in [-0.3, -0.25) is 10.1 Å². The second-order valence-corrected chi connectivity index (χ2v) is 5.58. The number of benzene rings is 2. The Kier molecular flexibility index (Phi) is 5.03. The fourth-order valence-corrected chi connectivity index (χ4v) is 2.52. The predicted octanol–water partition coefficient (Wildman–Crippen LogP) is 2.86. The molecule has 0 aliphatic carbocycles. The highest BCUT2D eigenvalue weighted by molar-refractivity contribution is 5.73. The zero-order valence-electron chi connectivity index (χ0n) is 13.1. The Labute approximate surface area is 140 Å². The Morgan fingerprint density at radius 2 is 1.75 bits per heavy atom. The van der Waals surface area contributed by atoms with Gasteiger partial charge in [-0.2, -0.15) is 0 Å². The first-order valence-electron chi connectivity index (χ1n) is 7.82. The molecule has 0 radical (unpaired) electrons. The van der Waals surface area contributed by atoms with Gasteiger partial charge in [0.15, 0.2) is 0 Å². The third-order valence-electron chi connectivity index (χ3n) is 3.80. The van der Waals surface area contributed by atoms with Crippen LogP contribution in [-0.2, 0) is 17.8 Å². The smallest absolute Gasteiger partial charge is 0.321 e. The van der Waals surface area contributed by atoms with Gasteiger partial charge < -0.3 is 10.1 Å². The number of aromatic amines is 1. The molecule has 0 spiro atoms. The number of aliphatic carboxylic acids is 1. The van der Waals surface area contributed by atoms with Gasteiger partial charge in [0.05, 0.1) is 0 Å². The number of aromatic nitrogens is 2. The van der Waals surface area contributed by atoms with Gasteiger partial charge in [-0.1, -0.05) is 60.7 Å². The second kappa shape index (κ2) is 7.57. The summed E-state index contributed by atoms with van der Waals surface area (Å²) in [7, 11) is 0. The molecule has 122 valence electrons. The Morgan fingerprint density at radius 3 is 2.42 bits per heavy atom. The van der Waals surface area contributed by atoms with Crippen molar-refractivity contribution in [1.29, 1.82) is 0 Å². The highest BCUT2D eigenvalue weighted by Crippen LogP contribution is 2.14. The molecule has 0 unspecified atom stereocenters. The molecule has 5 heteroatoms. The number of nitrogens with one attached hydrogen (secondary N) is 2. The van der Waals surface area contributed by atoms with Gasteiger partial charge >= 0.3 is 5.97 Å². The number of carboxylic acids is 1. The van der Waals surface area contributed by atoms with Gasteiger partial charge in [0.2, 0.25) is 0 Å². The summed E-state index contributed by atoms with van der Waals surface area (Å²) in [4.78, 5) is 19.0. The van der Waals surface area contributed by atoms with Gasteiger partial charge in [-0.25, -0.2) is 4.98 Å². The van der Waals surface area contributed by atoms with Crippen LogP contribution in [0.1, 0.15) is 11.3 Å². The van der Waals surface area contributed by atoms with E-state index in [1.54, 1.807) is 6.20 Å². The highest BCUT2D eigenvalue weighted by atomic mass is 16.4. The normalized spacial score (nSPS) is 12.0. The first kappa shape index (κ1) is 16.0. The Balaban J connectivity index is 1.63. The molecule has 1 heterocycles. The number of carboxylic acid groups (broad SMARTS) is 1. The van der Waals surface area contributed by atoms with Crippen LogP contribution in [0, 0.1) is 0 Å². The van der Waals surface area contributed by atoms with E-state index in [4.69, 9.17) is 0 Å². The van der Waals surface area contributed by atoms with E-state index in [2.05, 4.69) is 15.3 Å². The largest absolute Gasteiger partial charge is 0.480 e. The SMILES string of the molecule is O=C(O)[C@@H](Cc1ccccc1)NCc1cnc(-c2ccccc2)[nH]1. The number of carbonyl (C=O) groups is 1. The number of imidazole rings is 1. The van der Waals surface area contributed by atoms with Gasteiger partial charge in [-0.05, 0) is 12.0 Å². The molecule has 0 bridgehead atoms. The van der Waals surface area contributed by atoms with E-state index in [-0.39, 0.29) is 0 Å². The van der Waals surface area contributed by atoms with Crippen molar-refractivity contribution < 1.29 is 9.90 Å². The first-order valence-corrected chi connectivity index (χ1v) is 7.82. The summed E-state index contributed by atoms with van der Waals surface area (Å²) in [6, 6.07) is 18.8. The first-order chi connectivity index (χ1) is 11.7. The van der Waals surface area contributed by atoms with Crippen molar-refractivity contribution in [2.24, 2.45) is 0 Å². The maximum atomic E-state index is 11.5. The fraction of sp³-hybridized carbons (Fsp3) is 0.158. The van der Waals surface area contributed by atoms with Crippen LogP contribution in [-0.4, -0.2) is 27.1 Å². The van der Waals surface area contributed by atoms with Gasteiger partial charge in [-0.15, -0.1) is 0 Å². The zero-order chi connectivity index (χ0) is 16.8. The molecule has 0 amide bonds. The van der Waals surface area contributed by atoms with E-state index < -0.39 is 12.0 Å². The zero-order valence-corrected chi connectivity index (χ0v) is 13.1. The lowest BCUT2D eigenvalue weighted by Crippen LogP contribution is -2.38. The van der Waals surface area contributed by atoms with Crippen molar-refractivity contribution >= 4 is 5.97 Å². The lowest BCUT2D eigenvalue weighted by Gasteiger charge is -2.13. The molecular weight excluding hydrogens is 302 g/mol. The number of rotatable bonds is 7. The van der Waals surface area contributed by atoms with Crippen molar-refractivity contribution in [3.8, 4) is 11.4 Å². The Morgan fingerprint density at radius 1 is 1.08 bits per heavy atom. The number of H-pyrrole nitrogens is 1. The lowest BCUT2D eigenvalue weighted by atomic mass is 10.1. The van der Waals surface area contributed by atoms with Gasteiger partial charge in [0, 0.05) is 24.0 Å². The van der Waals surface area contributed by atoms with Crippen LogP contribution in [0.3, 0.4) is 0 Å². The van der Waals surface area contributed by atoms with Crippen LogP contribution >= 0.6 is 0 Å². The summed E-state index contributed by atoms with van der Waals surface area (Å²) in [5.74, 6) is -0.0796. The molecule has 0 saturated heterocycles. The van der Waals surface area contributed by atoms with E-state index >= 15 is 0 Å². The average Bonchev–Trinajstić information content (AvgIpc) is 3.09. The molecule has 0 aliphatic heterocycles. The summed E-state index contributed by atoms with van der Waals surface area (Å²) in [6.07, 6.45) is 2.17. The predicted molar refractivity (Wildman–Crippen MR) is 92.4 cm³/mol. The van der Waals surface area contributed by atoms with Crippen LogP contribution in [0.5, 0.6) is 0 Å². The van der Waals surface area contributed by atoms with Gasteiger partial charge in [0.1, 0.15) is 11.9 Å². The van der Waals surface area contributed by atoms with Crippen LogP contribution in [0.2, 0.25) is 0 Å². The standard InChI is InChI=1S/C19H19N3O2/c23-19(24)17(11-14-7-3-1-4-8-14)20-12-16-13-21-18(22-16)15-9-5-2-6-10-15/h1-10,13,17,20H,11-12H2,(H,21,22)(H,23,24)/t17-/m1/s1. The van der Waals surface area contributed by atoms with E-state index in [0.717, 1.165) is 22.6 Å². The highest BCUT2D eigenvalue weighted by Gasteiger charge is 2.17. The van der Waals surface area contributed by atoms with Crippen molar-refractivity contribution in [3.63, 3.8) is 0 Å². The summed E-state index contributed by atoms with van der Waals surface area (Å²) in [5.41, 5.74) is 2.85. The Hall–Kier alpha value is -2.92.